The van der Waals surface area contributed by atoms with E-state index in [-0.39, 0.29) is 5.84 Å². The van der Waals surface area contributed by atoms with Crippen molar-refractivity contribution in [3.8, 4) is 0 Å². The van der Waals surface area contributed by atoms with E-state index in [9.17, 15) is 24.0 Å². The fourth-order valence-corrected chi connectivity index (χ4v) is 5.56. The highest BCUT2D eigenvalue weighted by molar-refractivity contribution is 9.10. The predicted molar refractivity (Wildman–Crippen MR) is 163 cm³/mol. The maximum absolute atomic E-state index is 13.3. The van der Waals surface area contributed by atoms with Crippen molar-refractivity contribution in [2.75, 3.05) is 11.6 Å². The fraction of sp³-hybridized carbons (Fsp3) is 0.400. The average molecular weight is 709 g/mol. The Bertz CT molecular complexity index is 1490. The number of carbonyl (C=O) groups excluding carboxylic acids is 5. The van der Waals surface area contributed by atoms with Gasteiger partial charge in [0.05, 0.1) is 5.69 Å². The molecule has 45 heavy (non-hydrogen) atoms. The van der Waals surface area contributed by atoms with Gasteiger partial charge in [-0.2, -0.15) is 0 Å². The molecule has 0 amide bonds. The van der Waals surface area contributed by atoms with Gasteiger partial charge in [-0.1, -0.05) is 39.7 Å². The van der Waals surface area contributed by atoms with Crippen LogP contribution in [0.1, 0.15) is 46.3 Å². The third kappa shape index (κ3) is 7.99. The van der Waals surface area contributed by atoms with Gasteiger partial charge in [-0.25, -0.2) is 5.01 Å². The van der Waals surface area contributed by atoms with Crippen LogP contribution in [0.5, 0.6) is 0 Å². The Kier molecular flexibility index (Phi) is 10.8. The van der Waals surface area contributed by atoms with Gasteiger partial charge in [-0.05, 0) is 42.0 Å². The number of benzene rings is 2. The lowest BCUT2D eigenvalue weighted by molar-refractivity contribution is -0.282. The highest BCUT2D eigenvalue weighted by Gasteiger charge is 2.58. The van der Waals surface area contributed by atoms with E-state index in [1.807, 2.05) is 0 Å². The molecule has 240 valence electrons. The molecular formula is C30H31BrClN3O10. The van der Waals surface area contributed by atoms with Crippen LogP contribution in [0, 0.1) is 0 Å². The van der Waals surface area contributed by atoms with E-state index in [1.165, 1.54) is 18.7 Å². The number of ketones is 1. The topological polar surface area (TPSA) is 150 Å². The molecule has 0 unspecified atom stereocenters. The van der Waals surface area contributed by atoms with Crippen molar-refractivity contribution in [1.29, 1.82) is 0 Å². The summed E-state index contributed by atoms with van der Waals surface area (Å²) in [6.07, 6.45) is -6.49. The molecule has 4 rings (SSSR count). The summed E-state index contributed by atoms with van der Waals surface area (Å²) in [7, 11) is 0. The van der Waals surface area contributed by atoms with Crippen LogP contribution in [0.15, 0.2) is 58.1 Å². The lowest BCUT2D eigenvalue weighted by atomic mass is 9.93. The maximum Gasteiger partial charge on any atom is 0.305 e. The lowest BCUT2D eigenvalue weighted by Crippen LogP contribution is -2.68. The van der Waals surface area contributed by atoms with Gasteiger partial charge in [0.2, 0.25) is 6.29 Å². The van der Waals surface area contributed by atoms with Gasteiger partial charge in [-0.15, -0.1) is 5.10 Å². The third-order valence-corrected chi connectivity index (χ3v) is 7.57. The molecule has 0 saturated carbocycles. The molecule has 0 N–H and O–H groups in total. The zero-order valence-corrected chi connectivity index (χ0v) is 27.3. The normalized spacial score (nSPS) is 24.4. The summed E-state index contributed by atoms with van der Waals surface area (Å²) in [5.41, 5.74) is 1.17. The minimum Gasteiger partial charge on any atom is -0.463 e. The molecule has 13 nitrogen and oxygen atoms in total. The number of hydrazone groups is 1. The molecular weight excluding hydrogens is 678 g/mol. The molecule has 2 aromatic carbocycles. The number of nitrogens with zero attached hydrogens (tertiary/aromatic N) is 3. The summed E-state index contributed by atoms with van der Waals surface area (Å²) >= 11 is 9.64. The monoisotopic (exact) mass is 707 g/mol. The van der Waals surface area contributed by atoms with Gasteiger partial charge in [-0.3, -0.25) is 24.0 Å². The Morgan fingerprint density at radius 3 is 1.93 bits per heavy atom. The van der Waals surface area contributed by atoms with E-state index in [1.54, 1.807) is 53.5 Å². The van der Waals surface area contributed by atoms with Crippen molar-refractivity contribution in [3.05, 3.63) is 63.6 Å². The first kappa shape index (κ1) is 33.9. The van der Waals surface area contributed by atoms with Crippen molar-refractivity contribution < 1.29 is 47.7 Å². The second-order valence-electron chi connectivity index (χ2n) is 10.2. The van der Waals surface area contributed by atoms with Crippen LogP contribution in [0.4, 0.5) is 5.69 Å². The molecule has 2 aliphatic heterocycles. The van der Waals surface area contributed by atoms with Crippen LogP contribution in [0.2, 0.25) is 5.02 Å². The molecule has 0 aliphatic carbocycles. The third-order valence-electron chi connectivity index (χ3n) is 6.79. The summed E-state index contributed by atoms with van der Waals surface area (Å²) in [4.78, 5) is 63.9. The van der Waals surface area contributed by atoms with Crippen molar-refractivity contribution in [1.82, 2.24) is 4.90 Å². The summed E-state index contributed by atoms with van der Waals surface area (Å²) in [5, 5.41) is 6.71. The number of halogens is 2. The summed E-state index contributed by atoms with van der Waals surface area (Å²) in [6, 6.07) is 12.6. The van der Waals surface area contributed by atoms with Crippen molar-refractivity contribution >= 4 is 68.7 Å². The Morgan fingerprint density at radius 1 is 0.822 bits per heavy atom. The number of rotatable bonds is 9. The van der Waals surface area contributed by atoms with Crippen LogP contribution < -0.4 is 5.01 Å². The maximum atomic E-state index is 13.3. The Balaban J connectivity index is 1.96. The SMILES string of the molecule is CC(=O)OC[C@H]1O[C@@H](OC(C)=O)[C@H](N2C(C(C)=O)=NN(c3ccc(Br)cc3)[C@@H]2c2ccc(Cl)cc2)[C@@H](OC(C)=O)[C@@H]1OC(C)=O. The number of esters is 4. The largest absolute Gasteiger partial charge is 0.463 e. The second kappa shape index (κ2) is 14.4. The number of anilines is 1. The smallest absolute Gasteiger partial charge is 0.305 e. The molecule has 15 heteroatoms. The molecule has 2 heterocycles. The molecule has 2 aromatic rings. The fourth-order valence-electron chi connectivity index (χ4n) is 5.17. The Hall–Kier alpha value is -4.01. The number of carbonyl (C=O) groups is 5. The minimum atomic E-state index is -1.54. The van der Waals surface area contributed by atoms with Gasteiger partial charge < -0.3 is 28.6 Å². The van der Waals surface area contributed by atoms with Gasteiger partial charge in [0, 0.05) is 44.1 Å². The van der Waals surface area contributed by atoms with E-state index < -0.39 is 73.1 Å². The average Bonchev–Trinajstić information content (AvgIpc) is 3.34. The standard InChI is InChI=1S/C30H31BrClN3O10/c1-15(36)28-33-35(23-12-8-21(31)9-13-23)29(20-6-10-22(32)11-7-20)34(28)25-27(43-18(4)39)26(42-17(3)38)24(14-41-16(2)37)45-30(25)44-19(5)40/h6-13,24-27,29-30H,14H2,1-5H3/t24-,25-,26-,27-,29-,30-/m1/s1. The Labute approximate surface area is 272 Å². The first-order chi connectivity index (χ1) is 21.3. The number of ether oxygens (including phenoxy) is 5. The van der Waals surface area contributed by atoms with E-state index in [2.05, 4.69) is 21.0 Å². The molecule has 0 spiro atoms. The van der Waals surface area contributed by atoms with E-state index in [0.717, 1.165) is 25.2 Å². The van der Waals surface area contributed by atoms with Crippen LogP contribution in [0.3, 0.4) is 0 Å². The van der Waals surface area contributed by atoms with Crippen molar-refractivity contribution in [2.24, 2.45) is 5.10 Å². The molecule has 1 saturated heterocycles. The van der Waals surface area contributed by atoms with E-state index >= 15 is 0 Å². The number of amidine groups is 1. The highest BCUT2D eigenvalue weighted by atomic mass is 79.9. The second-order valence-corrected chi connectivity index (χ2v) is 11.6. The first-order valence-corrected chi connectivity index (χ1v) is 14.9. The zero-order chi connectivity index (χ0) is 33.0. The van der Waals surface area contributed by atoms with Gasteiger partial charge in [0.25, 0.3) is 0 Å². The van der Waals surface area contributed by atoms with Crippen molar-refractivity contribution in [2.45, 2.75) is 71.4 Å². The van der Waals surface area contributed by atoms with Gasteiger partial charge in [0.15, 0.2) is 30.0 Å². The predicted octanol–water partition coefficient (Wildman–Crippen LogP) is 3.91. The van der Waals surface area contributed by atoms with Crippen molar-refractivity contribution in [3.63, 3.8) is 0 Å². The van der Waals surface area contributed by atoms with E-state index in [4.69, 9.17) is 35.3 Å². The summed E-state index contributed by atoms with van der Waals surface area (Å²) in [6.45, 7) is 5.48. The quantitative estimate of drug-likeness (QED) is 0.275. The Morgan fingerprint density at radius 2 is 1.40 bits per heavy atom. The first-order valence-electron chi connectivity index (χ1n) is 13.8. The van der Waals surface area contributed by atoms with Crippen LogP contribution in [0.25, 0.3) is 0 Å². The molecule has 2 aliphatic rings. The highest BCUT2D eigenvalue weighted by Crippen LogP contribution is 2.42. The number of hydrogen-bond acceptors (Lipinski definition) is 13. The molecule has 0 radical (unpaired) electrons. The van der Waals surface area contributed by atoms with Gasteiger partial charge in [0.1, 0.15) is 18.8 Å². The molecule has 0 bridgehead atoms. The minimum absolute atomic E-state index is 0.0965. The molecule has 6 atom stereocenters. The van der Waals surface area contributed by atoms with Crippen LogP contribution >= 0.6 is 27.5 Å². The lowest BCUT2D eigenvalue weighted by Gasteiger charge is -2.49. The molecule has 1 fully saturated rings. The van der Waals surface area contributed by atoms with E-state index in [0.29, 0.717) is 16.3 Å². The van der Waals surface area contributed by atoms with Crippen LogP contribution in [-0.2, 0) is 47.7 Å². The zero-order valence-electron chi connectivity index (χ0n) is 25.0. The van der Waals surface area contributed by atoms with Gasteiger partial charge >= 0.3 is 23.9 Å². The summed E-state index contributed by atoms with van der Waals surface area (Å²) in [5.74, 6) is -3.54. The molecule has 0 aromatic heterocycles. The number of Topliss-reactive ketones (excluding diaryl/α,β-unsaturated/α-hetero) is 1. The summed E-state index contributed by atoms with van der Waals surface area (Å²) < 4.78 is 29.1. The number of hydrogen-bond donors (Lipinski definition) is 0. The van der Waals surface area contributed by atoms with Crippen LogP contribution in [-0.4, -0.2) is 77.6 Å².